The van der Waals surface area contributed by atoms with Crippen LogP contribution < -0.4 is 5.73 Å². The van der Waals surface area contributed by atoms with Crippen LogP contribution in [0.1, 0.15) is 24.8 Å². The molecule has 0 spiro atoms. The number of nitrogens with two attached hydrogens (primary N) is 1. The molecule has 78 valence electrons. The molecule has 1 unspecified atom stereocenters. The lowest BCUT2D eigenvalue weighted by atomic mass is 9.97. The van der Waals surface area contributed by atoms with Crippen LogP contribution in [0.5, 0.6) is 0 Å². The van der Waals surface area contributed by atoms with Crippen LogP contribution in [0.15, 0.2) is 12.1 Å². The molecule has 0 fully saturated rings. The molecule has 1 aromatic carbocycles. The van der Waals surface area contributed by atoms with Gasteiger partial charge in [-0.05, 0) is 31.0 Å². The van der Waals surface area contributed by atoms with Gasteiger partial charge in [-0.25, -0.2) is 8.78 Å². The monoisotopic (exact) mass is 219 g/mol. The molecule has 0 bridgehead atoms. The second kappa shape index (κ2) is 4.71. The Labute approximate surface area is 86.9 Å². The Kier molecular flexibility index (Phi) is 3.84. The normalized spacial score (nSPS) is 12.9. The molecule has 4 heteroatoms. The summed E-state index contributed by atoms with van der Waals surface area (Å²) in [5.41, 5.74) is 5.57. The molecule has 0 saturated carbocycles. The van der Waals surface area contributed by atoms with Gasteiger partial charge in [-0.15, -0.1) is 0 Å². The Bertz CT molecular complexity index is 328. The van der Waals surface area contributed by atoms with Crippen molar-refractivity contribution in [3.63, 3.8) is 0 Å². The molecular weight excluding hydrogens is 208 g/mol. The second-order valence-corrected chi connectivity index (χ2v) is 3.64. The fourth-order valence-corrected chi connectivity index (χ4v) is 1.72. The molecule has 0 radical (unpaired) electrons. The summed E-state index contributed by atoms with van der Waals surface area (Å²) in [6.07, 6.45) is 0.583. The van der Waals surface area contributed by atoms with Crippen LogP contribution in [0.4, 0.5) is 8.78 Å². The minimum absolute atomic E-state index is 0.164. The van der Waals surface area contributed by atoms with E-state index in [2.05, 4.69) is 0 Å². The maximum atomic E-state index is 13.3. The zero-order chi connectivity index (χ0) is 10.7. The van der Waals surface area contributed by atoms with Crippen molar-refractivity contribution in [3.8, 4) is 0 Å². The number of rotatable bonds is 3. The van der Waals surface area contributed by atoms with Crippen molar-refractivity contribution in [2.75, 3.05) is 6.54 Å². The molecule has 0 aliphatic rings. The summed E-state index contributed by atoms with van der Waals surface area (Å²) >= 11 is 5.78. The summed E-state index contributed by atoms with van der Waals surface area (Å²) in [7, 11) is 0. The molecule has 1 rings (SSSR count). The quantitative estimate of drug-likeness (QED) is 0.777. The lowest BCUT2D eigenvalue weighted by molar-refractivity contribution is 0.487. The van der Waals surface area contributed by atoms with E-state index in [9.17, 15) is 8.78 Å². The molecule has 0 saturated heterocycles. The Balaban J connectivity index is 3.11. The van der Waals surface area contributed by atoms with Crippen molar-refractivity contribution >= 4 is 11.6 Å². The Morgan fingerprint density at radius 2 is 2.07 bits per heavy atom. The summed E-state index contributed by atoms with van der Waals surface area (Å²) in [6, 6.07) is 2.39. The van der Waals surface area contributed by atoms with Crippen molar-refractivity contribution in [2.45, 2.75) is 19.3 Å². The van der Waals surface area contributed by atoms with Crippen LogP contribution in [-0.2, 0) is 0 Å². The number of benzene rings is 1. The first-order valence-corrected chi connectivity index (χ1v) is 4.79. The predicted octanol–water partition coefficient (Wildman–Crippen LogP) is 3.07. The maximum absolute atomic E-state index is 13.3. The standard InChI is InChI=1S/C10H12ClF2N/c1-6(4-5-14)9-7(11)2-3-8(12)10(9)13/h2-3,6H,4-5,14H2,1H3. The molecule has 1 nitrogen and oxygen atoms in total. The SMILES string of the molecule is CC(CCN)c1c(Cl)ccc(F)c1F. The van der Waals surface area contributed by atoms with Gasteiger partial charge in [-0.1, -0.05) is 18.5 Å². The van der Waals surface area contributed by atoms with Gasteiger partial charge in [0.1, 0.15) is 0 Å². The fraction of sp³-hybridized carbons (Fsp3) is 0.400. The summed E-state index contributed by atoms with van der Waals surface area (Å²) < 4.78 is 26.2. The maximum Gasteiger partial charge on any atom is 0.163 e. The first-order chi connectivity index (χ1) is 6.57. The third-order valence-electron chi connectivity index (χ3n) is 2.17. The molecule has 0 heterocycles. The molecule has 1 atom stereocenters. The zero-order valence-electron chi connectivity index (χ0n) is 7.86. The van der Waals surface area contributed by atoms with Gasteiger partial charge in [0, 0.05) is 10.6 Å². The van der Waals surface area contributed by atoms with Gasteiger partial charge in [0.05, 0.1) is 0 Å². The second-order valence-electron chi connectivity index (χ2n) is 3.24. The Morgan fingerprint density at radius 3 is 2.64 bits per heavy atom. The van der Waals surface area contributed by atoms with Crippen molar-refractivity contribution in [1.82, 2.24) is 0 Å². The van der Waals surface area contributed by atoms with E-state index in [1.807, 2.05) is 0 Å². The van der Waals surface area contributed by atoms with Gasteiger partial charge in [-0.3, -0.25) is 0 Å². The highest BCUT2D eigenvalue weighted by Crippen LogP contribution is 2.30. The smallest absolute Gasteiger partial charge is 0.163 e. The highest BCUT2D eigenvalue weighted by molar-refractivity contribution is 6.31. The van der Waals surface area contributed by atoms with E-state index in [0.717, 1.165) is 6.07 Å². The van der Waals surface area contributed by atoms with E-state index in [0.29, 0.717) is 13.0 Å². The lowest BCUT2D eigenvalue weighted by Gasteiger charge is -2.13. The van der Waals surface area contributed by atoms with Gasteiger partial charge in [-0.2, -0.15) is 0 Å². The Morgan fingerprint density at radius 1 is 1.43 bits per heavy atom. The average molecular weight is 220 g/mol. The van der Waals surface area contributed by atoms with E-state index >= 15 is 0 Å². The highest BCUT2D eigenvalue weighted by atomic mass is 35.5. The third kappa shape index (κ3) is 2.22. The minimum Gasteiger partial charge on any atom is -0.330 e. The average Bonchev–Trinajstić information content (AvgIpc) is 2.13. The summed E-state index contributed by atoms with van der Waals surface area (Å²) in [6.45, 7) is 2.20. The topological polar surface area (TPSA) is 26.0 Å². The molecule has 1 aromatic rings. The van der Waals surface area contributed by atoms with Gasteiger partial charge in [0.2, 0.25) is 0 Å². The van der Waals surface area contributed by atoms with E-state index in [1.165, 1.54) is 6.07 Å². The van der Waals surface area contributed by atoms with Gasteiger partial charge in [0.15, 0.2) is 11.6 Å². The molecule has 0 aliphatic carbocycles. The Hall–Kier alpha value is -0.670. The van der Waals surface area contributed by atoms with Crippen molar-refractivity contribution < 1.29 is 8.78 Å². The van der Waals surface area contributed by atoms with Crippen LogP contribution in [0.25, 0.3) is 0 Å². The van der Waals surface area contributed by atoms with Crippen LogP contribution in [-0.4, -0.2) is 6.54 Å². The zero-order valence-corrected chi connectivity index (χ0v) is 8.61. The molecule has 14 heavy (non-hydrogen) atoms. The van der Waals surface area contributed by atoms with Crippen molar-refractivity contribution in [2.24, 2.45) is 5.73 Å². The molecule has 0 amide bonds. The lowest BCUT2D eigenvalue weighted by Crippen LogP contribution is -2.07. The first-order valence-electron chi connectivity index (χ1n) is 4.41. The minimum atomic E-state index is -0.867. The van der Waals surface area contributed by atoms with Crippen LogP contribution in [0.3, 0.4) is 0 Å². The van der Waals surface area contributed by atoms with E-state index in [-0.39, 0.29) is 16.5 Å². The van der Waals surface area contributed by atoms with Crippen LogP contribution in [0, 0.1) is 11.6 Å². The van der Waals surface area contributed by atoms with E-state index < -0.39 is 11.6 Å². The van der Waals surface area contributed by atoms with E-state index in [1.54, 1.807) is 6.92 Å². The van der Waals surface area contributed by atoms with Crippen LogP contribution in [0.2, 0.25) is 5.02 Å². The molecule has 0 aromatic heterocycles. The predicted molar refractivity (Wildman–Crippen MR) is 53.5 cm³/mol. The molecule has 2 N–H and O–H groups in total. The third-order valence-corrected chi connectivity index (χ3v) is 2.50. The first kappa shape index (κ1) is 11.4. The van der Waals surface area contributed by atoms with Gasteiger partial charge in [0.25, 0.3) is 0 Å². The number of hydrogen-bond acceptors (Lipinski definition) is 1. The summed E-state index contributed by atoms with van der Waals surface area (Å²) in [5.74, 6) is -1.89. The van der Waals surface area contributed by atoms with Crippen molar-refractivity contribution in [1.29, 1.82) is 0 Å². The van der Waals surface area contributed by atoms with Crippen molar-refractivity contribution in [3.05, 3.63) is 34.4 Å². The number of hydrogen-bond donors (Lipinski definition) is 1. The fourth-order valence-electron chi connectivity index (χ4n) is 1.39. The number of halogens is 3. The summed E-state index contributed by atoms with van der Waals surface area (Å²) in [4.78, 5) is 0. The van der Waals surface area contributed by atoms with Gasteiger partial charge >= 0.3 is 0 Å². The largest absolute Gasteiger partial charge is 0.330 e. The summed E-state index contributed by atoms with van der Waals surface area (Å²) in [5, 5.41) is 0.254. The highest BCUT2D eigenvalue weighted by Gasteiger charge is 2.17. The van der Waals surface area contributed by atoms with E-state index in [4.69, 9.17) is 17.3 Å². The molecule has 0 aliphatic heterocycles. The molecular formula is C10H12ClF2N. The van der Waals surface area contributed by atoms with Gasteiger partial charge < -0.3 is 5.73 Å². The van der Waals surface area contributed by atoms with Crippen LogP contribution >= 0.6 is 11.6 Å².